The van der Waals surface area contributed by atoms with Gasteiger partial charge in [0, 0.05) is 0 Å². The summed E-state index contributed by atoms with van der Waals surface area (Å²) in [5.74, 6) is 0. The quantitative estimate of drug-likeness (QED) is 0.448. The van der Waals surface area contributed by atoms with Crippen molar-refractivity contribution in [3.63, 3.8) is 0 Å². The van der Waals surface area contributed by atoms with Crippen LogP contribution in [0.1, 0.15) is 8.42 Å². The van der Waals surface area contributed by atoms with E-state index in [1.165, 1.54) is 23.8 Å². The SMILES string of the molecule is C=CCOS(=O)(=O)c1ccccc1.C=CCc1ccccc1.[Ca+2].[H-].[H-]. The van der Waals surface area contributed by atoms with Gasteiger partial charge in [-0.25, -0.2) is 0 Å². The molecule has 0 atom stereocenters. The summed E-state index contributed by atoms with van der Waals surface area (Å²) in [6.45, 7) is 7.02. The molecule has 2 aromatic rings. The Hall–Kier alpha value is -0.910. The molecule has 0 saturated carbocycles. The van der Waals surface area contributed by atoms with Gasteiger partial charge >= 0.3 is 37.7 Å². The molecule has 120 valence electrons. The average molecular weight is 359 g/mol. The Labute approximate surface area is 171 Å². The fourth-order valence-electron chi connectivity index (χ4n) is 1.57. The minimum absolute atomic E-state index is 0. The van der Waals surface area contributed by atoms with Crippen molar-refractivity contribution < 1.29 is 15.5 Å². The van der Waals surface area contributed by atoms with Crippen molar-refractivity contribution in [3.8, 4) is 0 Å². The first-order valence-electron chi connectivity index (χ1n) is 6.80. The molecule has 0 saturated heterocycles. The molecule has 0 aliphatic carbocycles. The van der Waals surface area contributed by atoms with Crippen LogP contribution in [0, 0.1) is 0 Å². The van der Waals surface area contributed by atoms with E-state index >= 15 is 0 Å². The fourth-order valence-corrected chi connectivity index (χ4v) is 2.48. The molecule has 0 aromatic heterocycles. The van der Waals surface area contributed by atoms with Gasteiger partial charge < -0.3 is 2.85 Å². The molecule has 0 bridgehead atoms. The van der Waals surface area contributed by atoms with Gasteiger partial charge in [-0.2, -0.15) is 8.42 Å². The van der Waals surface area contributed by atoms with Crippen molar-refractivity contribution in [2.45, 2.75) is 11.3 Å². The van der Waals surface area contributed by atoms with E-state index in [1.54, 1.807) is 18.2 Å². The maximum absolute atomic E-state index is 11.3. The fraction of sp³-hybridized carbons (Fsp3) is 0.111. The van der Waals surface area contributed by atoms with Gasteiger partial charge in [-0.3, -0.25) is 4.18 Å². The van der Waals surface area contributed by atoms with Crippen LogP contribution in [0.25, 0.3) is 0 Å². The third kappa shape index (κ3) is 9.08. The molecule has 23 heavy (non-hydrogen) atoms. The van der Waals surface area contributed by atoms with Gasteiger partial charge in [0.05, 0.1) is 11.5 Å². The molecule has 0 radical (unpaired) electrons. The Balaban J connectivity index is -0.000000362. The minimum atomic E-state index is -3.59. The summed E-state index contributed by atoms with van der Waals surface area (Å²) in [6.07, 6.45) is 4.27. The van der Waals surface area contributed by atoms with Crippen LogP contribution >= 0.6 is 0 Å². The Bertz CT molecular complexity index is 678. The summed E-state index contributed by atoms with van der Waals surface area (Å²) in [5.41, 5.74) is 1.33. The summed E-state index contributed by atoms with van der Waals surface area (Å²) in [5, 5.41) is 0. The maximum Gasteiger partial charge on any atom is 2.00 e. The normalized spacial score (nSPS) is 9.74. The second-order valence-electron chi connectivity index (χ2n) is 4.32. The van der Waals surface area contributed by atoms with Gasteiger partial charge in [-0.15, -0.1) is 13.2 Å². The molecule has 3 nitrogen and oxygen atoms in total. The smallest absolute Gasteiger partial charge is 1.00 e. The first-order chi connectivity index (χ1) is 10.6. The van der Waals surface area contributed by atoms with Crippen LogP contribution < -0.4 is 0 Å². The van der Waals surface area contributed by atoms with Gasteiger partial charge in [-0.1, -0.05) is 60.7 Å². The van der Waals surface area contributed by atoms with Crippen molar-refractivity contribution in [2.24, 2.45) is 0 Å². The average Bonchev–Trinajstić information content (AvgIpc) is 2.56. The molecular formula is C18H22CaO3S. The van der Waals surface area contributed by atoms with Gasteiger partial charge in [0.2, 0.25) is 0 Å². The Morgan fingerprint density at radius 2 is 1.43 bits per heavy atom. The number of benzene rings is 2. The first-order valence-corrected chi connectivity index (χ1v) is 8.21. The predicted molar refractivity (Wildman–Crippen MR) is 98.1 cm³/mol. The van der Waals surface area contributed by atoms with Crippen LogP contribution in [0.15, 0.2) is 90.9 Å². The zero-order valence-corrected chi connectivity index (χ0v) is 16.1. The Morgan fingerprint density at radius 3 is 1.91 bits per heavy atom. The topological polar surface area (TPSA) is 43.4 Å². The molecular weight excluding hydrogens is 336 g/mol. The molecule has 0 unspecified atom stereocenters. The molecule has 0 N–H and O–H groups in total. The molecule has 0 aliphatic rings. The molecule has 2 rings (SSSR count). The summed E-state index contributed by atoms with van der Waals surface area (Å²) in [7, 11) is -3.59. The monoisotopic (exact) mass is 358 g/mol. The first kappa shape index (κ1) is 22.1. The van der Waals surface area contributed by atoms with E-state index in [-0.39, 0.29) is 52.1 Å². The summed E-state index contributed by atoms with van der Waals surface area (Å²) in [6, 6.07) is 18.3. The van der Waals surface area contributed by atoms with Crippen LogP contribution in [0.2, 0.25) is 0 Å². The molecule has 5 heteroatoms. The number of allylic oxidation sites excluding steroid dienone is 1. The Morgan fingerprint density at radius 1 is 0.913 bits per heavy atom. The number of hydrogen-bond donors (Lipinski definition) is 0. The second kappa shape index (κ2) is 12.5. The van der Waals surface area contributed by atoms with E-state index < -0.39 is 10.1 Å². The zero-order chi connectivity index (χ0) is 16.3. The van der Waals surface area contributed by atoms with Crippen molar-refractivity contribution in [3.05, 3.63) is 91.5 Å². The van der Waals surface area contributed by atoms with E-state index in [1.807, 2.05) is 24.3 Å². The summed E-state index contributed by atoms with van der Waals surface area (Å²) < 4.78 is 27.3. The molecule has 0 heterocycles. The predicted octanol–water partition coefficient (Wildman–Crippen LogP) is 3.84. The van der Waals surface area contributed by atoms with Crippen LogP contribution in [-0.2, 0) is 20.7 Å². The van der Waals surface area contributed by atoms with E-state index in [0.29, 0.717) is 0 Å². The van der Waals surface area contributed by atoms with Crippen molar-refractivity contribution in [2.75, 3.05) is 6.61 Å². The zero-order valence-electron chi connectivity index (χ0n) is 15.1. The van der Waals surface area contributed by atoms with Gasteiger partial charge in [0.15, 0.2) is 0 Å². The van der Waals surface area contributed by atoms with E-state index in [9.17, 15) is 8.42 Å². The van der Waals surface area contributed by atoms with Crippen LogP contribution in [-0.4, -0.2) is 52.8 Å². The third-order valence-electron chi connectivity index (χ3n) is 2.60. The molecule has 0 amide bonds. The van der Waals surface area contributed by atoms with Crippen molar-refractivity contribution >= 4 is 47.9 Å². The van der Waals surface area contributed by atoms with E-state index in [0.717, 1.165) is 6.42 Å². The maximum atomic E-state index is 11.3. The minimum Gasteiger partial charge on any atom is -1.00 e. The van der Waals surface area contributed by atoms with Crippen LogP contribution in [0.5, 0.6) is 0 Å². The van der Waals surface area contributed by atoms with Crippen LogP contribution in [0.3, 0.4) is 0 Å². The van der Waals surface area contributed by atoms with Crippen molar-refractivity contribution in [1.29, 1.82) is 0 Å². The third-order valence-corrected chi connectivity index (χ3v) is 3.89. The summed E-state index contributed by atoms with van der Waals surface area (Å²) >= 11 is 0. The van der Waals surface area contributed by atoms with E-state index in [2.05, 4.69) is 29.5 Å². The second-order valence-corrected chi connectivity index (χ2v) is 5.93. The Kier molecular flexibility index (Phi) is 12.0. The van der Waals surface area contributed by atoms with E-state index in [4.69, 9.17) is 0 Å². The van der Waals surface area contributed by atoms with Crippen molar-refractivity contribution in [1.82, 2.24) is 0 Å². The largest absolute Gasteiger partial charge is 2.00 e. The standard InChI is InChI=1S/C9H10O3S.C9H10.Ca.2H/c1-2-8-12-13(10,11)9-6-4-3-5-7-9;1-2-6-9-7-4-3-5-8-9;;;/h2-7H,1,8H2;2-5,7-8H,1,6H2;;;/q;;+2;2*-1. The van der Waals surface area contributed by atoms with Gasteiger partial charge in [0.25, 0.3) is 10.1 Å². The number of hydrogen-bond acceptors (Lipinski definition) is 3. The molecule has 0 spiro atoms. The van der Waals surface area contributed by atoms with Gasteiger partial charge in [0.1, 0.15) is 0 Å². The molecule has 2 aromatic carbocycles. The van der Waals surface area contributed by atoms with Crippen LogP contribution in [0.4, 0.5) is 0 Å². The van der Waals surface area contributed by atoms with Gasteiger partial charge in [-0.05, 0) is 24.1 Å². The number of rotatable bonds is 6. The molecule has 0 aliphatic heterocycles. The summed E-state index contributed by atoms with van der Waals surface area (Å²) in [4.78, 5) is 0.164. The molecule has 0 fully saturated rings.